The van der Waals surface area contributed by atoms with Gasteiger partial charge in [-0.25, -0.2) is 4.79 Å². The molecule has 0 spiro atoms. The zero-order chi connectivity index (χ0) is 15.1. The van der Waals surface area contributed by atoms with Gasteiger partial charge in [-0.15, -0.1) is 0 Å². The summed E-state index contributed by atoms with van der Waals surface area (Å²) in [5.41, 5.74) is 0.268. The van der Waals surface area contributed by atoms with E-state index in [2.05, 4.69) is 5.32 Å². The van der Waals surface area contributed by atoms with Crippen LogP contribution in [0.2, 0.25) is 0 Å². The monoisotopic (exact) mass is 278 g/mol. The summed E-state index contributed by atoms with van der Waals surface area (Å²) in [4.78, 5) is 22.4. The first-order valence-corrected chi connectivity index (χ1v) is 5.79. The van der Waals surface area contributed by atoms with Crippen molar-refractivity contribution in [3.05, 3.63) is 29.8 Å². The van der Waals surface area contributed by atoms with E-state index < -0.39 is 30.6 Å². The lowest BCUT2D eigenvalue weighted by Crippen LogP contribution is -2.48. The van der Waals surface area contributed by atoms with E-state index in [1.165, 1.54) is 19.1 Å². The Bertz CT molecular complexity index is 538. The number of ether oxygens (including phenoxy) is 1. The number of carboxylic acids is 1. The minimum atomic E-state index is -1.39. The van der Waals surface area contributed by atoms with Crippen molar-refractivity contribution in [2.45, 2.75) is 19.1 Å². The predicted molar refractivity (Wildman–Crippen MR) is 67.9 cm³/mol. The number of hydrogen-bond donors (Lipinski definition) is 3. The molecule has 2 atom stereocenters. The van der Waals surface area contributed by atoms with E-state index in [-0.39, 0.29) is 11.3 Å². The Hall–Kier alpha value is -2.59. The molecule has 0 bridgehead atoms. The highest BCUT2D eigenvalue weighted by molar-refractivity contribution is 5.86. The second-order valence-corrected chi connectivity index (χ2v) is 3.95. The van der Waals surface area contributed by atoms with Gasteiger partial charge in [-0.2, -0.15) is 5.26 Å². The fourth-order valence-corrected chi connectivity index (χ4v) is 1.38. The van der Waals surface area contributed by atoms with Crippen molar-refractivity contribution in [1.82, 2.24) is 5.32 Å². The molecule has 0 aliphatic heterocycles. The first kappa shape index (κ1) is 15.5. The highest BCUT2D eigenvalue weighted by atomic mass is 16.5. The van der Waals surface area contributed by atoms with Gasteiger partial charge in [-0.05, 0) is 19.1 Å². The average Bonchev–Trinajstić information content (AvgIpc) is 2.44. The fourth-order valence-electron chi connectivity index (χ4n) is 1.38. The highest BCUT2D eigenvalue weighted by Crippen LogP contribution is 2.18. The molecule has 0 saturated heterocycles. The number of hydrogen-bond acceptors (Lipinski definition) is 5. The summed E-state index contributed by atoms with van der Waals surface area (Å²) >= 11 is 0. The molecule has 106 valence electrons. The number of aliphatic hydroxyl groups excluding tert-OH is 1. The molecule has 1 unspecified atom stereocenters. The number of nitrogens with zero attached hydrogens (tertiary/aromatic N) is 1. The van der Waals surface area contributed by atoms with Crippen LogP contribution < -0.4 is 10.1 Å². The molecule has 20 heavy (non-hydrogen) atoms. The van der Waals surface area contributed by atoms with Crippen molar-refractivity contribution >= 4 is 11.9 Å². The van der Waals surface area contributed by atoms with Crippen LogP contribution in [0.1, 0.15) is 12.5 Å². The normalized spacial score (nSPS) is 12.8. The van der Waals surface area contributed by atoms with E-state index in [4.69, 9.17) is 20.2 Å². The predicted octanol–water partition coefficient (Wildman–Crippen LogP) is -0.113. The standard InChI is InChI=1S/C13H14N2O5/c1-8(12(17)15-10(7-16)13(18)19)20-11-5-3-2-4-9(11)6-14/h2-5,8,10,16H,7H2,1H3,(H,15,17)(H,18,19)/t8?,10-/m0/s1. The van der Waals surface area contributed by atoms with E-state index in [1.807, 2.05) is 6.07 Å². The van der Waals surface area contributed by atoms with Crippen LogP contribution in [0.4, 0.5) is 0 Å². The molecule has 1 aromatic rings. The van der Waals surface area contributed by atoms with Gasteiger partial charge in [0.25, 0.3) is 5.91 Å². The lowest BCUT2D eigenvalue weighted by Gasteiger charge is -2.18. The Balaban J connectivity index is 2.71. The molecule has 0 radical (unpaired) electrons. The van der Waals surface area contributed by atoms with Gasteiger partial charge in [0.05, 0.1) is 12.2 Å². The third kappa shape index (κ3) is 3.96. The summed E-state index contributed by atoms with van der Waals surface area (Å²) in [7, 11) is 0. The maximum atomic E-state index is 11.7. The molecule has 0 heterocycles. The maximum absolute atomic E-state index is 11.7. The number of carbonyl (C=O) groups is 2. The molecule has 0 aromatic heterocycles. The molecule has 1 aromatic carbocycles. The van der Waals surface area contributed by atoms with E-state index in [1.54, 1.807) is 12.1 Å². The first-order valence-electron chi connectivity index (χ1n) is 5.79. The van der Waals surface area contributed by atoms with Gasteiger partial charge in [0.1, 0.15) is 17.9 Å². The maximum Gasteiger partial charge on any atom is 0.328 e. The van der Waals surface area contributed by atoms with Crippen LogP contribution in [0.3, 0.4) is 0 Å². The summed E-state index contributed by atoms with van der Waals surface area (Å²) in [5.74, 6) is -1.81. The van der Waals surface area contributed by atoms with Crippen molar-refractivity contribution in [1.29, 1.82) is 5.26 Å². The molecular formula is C13H14N2O5. The van der Waals surface area contributed by atoms with Gasteiger partial charge in [-0.3, -0.25) is 4.79 Å². The zero-order valence-electron chi connectivity index (χ0n) is 10.7. The SMILES string of the molecule is CC(Oc1ccccc1C#N)C(=O)N[C@@H](CO)C(=O)O. The largest absolute Gasteiger partial charge is 0.480 e. The summed E-state index contributed by atoms with van der Waals surface area (Å²) in [6, 6.07) is 6.90. The summed E-state index contributed by atoms with van der Waals surface area (Å²) in [6.45, 7) is 0.697. The number of para-hydroxylation sites is 1. The van der Waals surface area contributed by atoms with Crippen LogP contribution in [0, 0.1) is 11.3 Å². The van der Waals surface area contributed by atoms with Gasteiger partial charge in [0.15, 0.2) is 6.10 Å². The number of carbonyl (C=O) groups excluding carboxylic acids is 1. The van der Waals surface area contributed by atoms with E-state index in [0.717, 1.165) is 0 Å². The Kier molecular flexibility index (Phi) is 5.50. The minimum absolute atomic E-state index is 0.230. The fraction of sp³-hybridized carbons (Fsp3) is 0.308. The molecule has 0 aliphatic rings. The average molecular weight is 278 g/mol. The van der Waals surface area contributed by atoms with Gasteiger partial charge in [0, 0.05) is 0 Å². The summed E-state index contributed by atoms with van der Waals surface area (Å²) in [6.07, 6.45) is -1.00. The van der Waals surface area contributed by atoms with Crippen molar-refractivity contribution < 1.29 is 24.5 Å². The smallest absolute Gasteiger partial charge is 0.328 e. The van der Waals surface area contributed by atoms with Crippen LogP contribution in [0.25, 0.3) is 0 Å². The molecular weight excluding hydrogens is 264 g/mol. The van der Waals surface area contributed by atoms with E-state index in [9.17, 15) is 9.59 Å². The van der Waals surface area contributed by atoms with E-state index >= 15 is 0 Å². The summed E-state index contributed by atoms with van der Waals surface area (Å²) < 4.78 is 5.31. The molecule has 7 nitrogen and oxygen atoms in total. The first-order chi connectivity index (χ1) is 9.49. The number of nitrogens with one attached hydrogen (secondary N) is 1. The minimum Gasteiger partial charge on any atom is -0.480 e. The highest BCUT2D eigenvalue weighted by Gasteiger charge is 2.23. The van der Waals surface area contributed by atoms with Gasteiger partial charge in [-0.1, -0.05) is 12.1 Å². The van der Waals surface area contributed by atoms with Crippen molar-refractivity contribution in [2.75, 3.05) is 6.61 Å². The van der Waals surface area contributed by atoms with Crippen LogP contribution in [0.5, 0.6) is 5.75 Å². The van der Waals surface area contributed by atoms with Crippen LogP contribution in [-0.4, -0.2) is 40.8 Å². The number of aliphatic carboxylic acids is 1. The second kappa shape index (κ2) is 7.11. The molecule has 0 aliphatic carbocycles. The van der Waals surface area contributed by atoms with Gasteiger partial charge in [0.2, 0.25) is 0 Å². The molecule has 3 N–H and O–H groups in total. The Morgan fingerprint density at radius 2 is 2.10 bits per heavy atom. The van der Waals surface area contributed by atoms with Gasteiger partial charge >= 0.3 is 5.97 Å². The molecule has 0 saturated carbocycles. The molecule has 1 amide bonds. The Morgan fingerprint density at radius 3 is 2.65 bits per heavy atom. The van der Waals surface area contributed by atoms with Crippen molar-refractivity contribution in [2.24, 2.45) is 0 Å². The van der Waals surface area contributed by atoms with Crippen LogP contribution in [0.15, 0.2) is 24.3 Å². The topological polar surface area (TPSA) is 120 Å². The van der Waals surface area contributed by atoms with Crippen molar-refractivity contribution in [3.63, 3.8) is 0 Å². The number of amides is 1. The molecule has 7 heteroatoms. The Morgan fingerprint density at radius 1 is 1.45 bits per heavy atom. The van der Waals surface area contributed by atoms with Crippen LogP contribution in [-0.2, 0) is 9.59 Å². The lowest BCUT2D eigenvalue weighted by atomic mass is 10.2. The van der Waals surface area contributed by atoms with Crippen LogP contribution >= 0.6 is 0 Å². The zero-order valence-corrected chi connectivity index (χ0v) is 10.7. The lowest BCUT2D eigenvalue weighted by molar-refractivity contribution is -0.144. The number of carboxylic acid groups (broad SMARTS) is 1. The number of nitriles is 1. The van der Waals surface area contributed by atoms with Gasteiger partial charge < -0.3 is 20.3 Å². The number of rotatable bonds is 6. The molecule has 1 rings (SSSR count). The number of benzene rings is 1. The second-order valence-electron chi connectivity index (χ2n) is 3.95. The summed E-state index contributed by atoms with van der Waals surface area (Å²) in [5, 5.41) is 28.5. The van der Waals surface area contributed by atoms with Crippen molar-refractivity contribution in [3.8, 4) is 11.8 Å². The third-order valence-electron chi connectivity index (χ3n) is 2.48. The third-order valence-corrected chi connectivity index (χ3v) is 2.48. The van der Waals surface area contributed by atoms with E-state index in [0.29, 0.717) is 0 Å². The molecule has 0 fully saturated rings. The quantitative estimate of drug-likeness (QED) is 0.667. The Labute approximate surface area is 115 Å². The number of aliphatic hydroxyl groups is 1.